The van der Waals surface area contributed by atoms with Crippen LogP contribution in [0.15, 0.2) is 36.5 Å². The summed E-state index contributed by atoms with van der Waals surface area (Å²) in [5.41, 5.74) is 1.45. The maximum atomic E-state index is 12.4. The van der Waals surface area contributed by atoms with Crippen molar-refractivity contribution in [1.82, 2.24) is 20.4 Å². The fourth-order valence-electron chi connectivity index (χ4n) is 3.21. The first-order valence-electron chi connectivity index (χ1n) is 7.67. The first kappa shape index (κ1) is 13.3. The number of fused-ring (bicyclic) bond motifs is 1. The van der Waals surface area contributed by atoms with E-state index >= 15 is 0 Å². The van der Waals surface area contributed by atoms with Crippen molar-refractivity contribution in [2.45, 2.75) is 25.0 Å². The molecule has 0 unspecified atom stereocenters. The number of hydrogen-bond acceptors (Lipinski definition) is 4. The predicted octanol–water partition coefficient (Wildman–Crippen LogP) is 1.17. The molecule has 1 spiro atoms. The Kier molecular flexibility index (Phi) is 3.11. The summed E-state index contributed by atoms with van der Waals surface area (Å²) < 4.78 is 1.88. The molecule has 4 rings (SSSR count). The number of carbonyl (C=O) groups excluding carboxylic acids is 1. The minimum Gasteiger partial charge on any atom is -0.347 e. The lowest BCUT2D eigenvalue weighted by Crippen LogP contribution is -2.62. The molecule has 2 aliphatic rings. The normalized spacial score (nSPS) is 19.4. The summed E-state index contributed by atoms with van der Waals surface area (Å²) >= 11 is 0. The first-order valence-corrected chi connectivity index (χ1v) is 7.67. The molecule has 3 heterocycles. The van der Waals surface area contributed by atoms with Gasteiger partial charge in [-0.3, -0.25) is 4.79 Å². The molecule has 0 bridgehead atoms. The van der Waals surface area contributed by atoms with Gasteiger partial charge >= 0.3 is 0 Å². The van der Waals surface area contributed by atoms with Crippen LogP contribution in [0.5, 0.6) is 0 Å². The Morgan fingerprint density at radius 2 is 1.91 bits per heavy atom. The van der Waals surface area contributed by atoms with Crippen molar-refractivity contribution in [3.05, 3.63) is 47.7 Å². The molecule has 1 aromatic carbocycles. The first-order chi connectivity index (χ1) is 10.8. The molecule has 0 saturated carbocycles. The molecule has 0 atom stereocenters. The van der Waals surface area contributed by atoms with Gasteiger partial charge in [0.15, 0.2) is 0 Å². The summed E-state index contributed by atoms with van der Waals surface area (Å²) in [6.07, 6.45) is 3.39. The van der Waals surface area contributed by atoms with Gasteiger partial charge in [0.25, 0.3) is 5.91 Å². The van der Waals surface area contributed by atoms with Crippen molar-refractivity contribution in [2.75, 3.05) is 18.4 Å². The summed E-state index contributed by atoms with van der Waals surface area (Å²) in [6.45, 7) is 2.45. The Hall–Kier alpha value is -2.34. The second-order valence-electron chi connectivity index (χ2n) is 5.96. The Labute approximate surface area is 128 Å². The molecule has 1 amide bonds. The quantitative estimate of drug-likeness (QED) is 0.778. The van der Waals surface area contributed by atoms with Crippen molar-refractivity contribution in [3.8, 4) is 0 Å². The maximum absolute atomic E-state index is 12.4. The molecule has 0 aliphatic carbocycles. The summed E-state index contributed by atoms with van der Waals surface area (Å²) in [7, 11) is 0. The molecule has 1 fully saturated rings. The molecule has 1 saturated heterocycles. The highest BCUT2D eigenvalue weighted by Crippen LogP contribution is 2.30. The van der Waals surface area contributed by atoms with Gasteiger partial charge in [0.2, 0.25) is 0 Å². The summed E-state index contributed by atoms with van der Waals surface area (Å²) in [5.74, 6) is 0.796. The molecular formula is C16H19N5O. The summed E-state index contributed by atoms with van der Waals surface area (Å²) in [5, 5.41) is 14.4. The largest absolute Gasteiger partial charge is 0.347 e. The van der Waals surface area contributed by atoms with Crippen LogP contribution in [0.4, 0.5) is 5.82 Å². The highest BCUT2D eigenvalue weighted by molar-refractivity contribution is 6.01. The highest BCUT2D eigenvalue weighted by Gasteiger charge is 2.40. The Balaban J connectivity index is 1.66. The smallest absolute Gasteiger partial charge is 0.258 e. The lowest BCUT2D eigenvalue weighted by molar-refractivity contribution is 0.0880. The van der Waals surface area contributed by atoms with Crippen molar-refractivity contribution in [1.29, 1.82) is 0 Å². The zero-order chi connectivity index (χ0) is 15.0. The van der Waals surface area contributed by atoms with E-state index in [2.05, 4.69) is 33.2 Å². The van der Waals surface area contributed by atoms with Crippen LogP contribution >= 0.6 is 0 Å². The molecule has 114 valence electrons. The van der Waals surface area contributed by atoms with Crippen LogP contribution in [0.3, 0.4) is 0 Å². The Morgan fingerprint density at radius 1 is 1.14 bits per heavy atom. The van der Waals surface area contributed by atoms with Crippen molar-refractivity contribution >= 4 is 11.7 Å². The van der Waals surface area contributed by atoms with Crippen LogP contribution < -0.4 is 16.0 Å². The molecular weight excluding hydrogens is 278 g/mol. The van der Waals surface area contributed by atoms with E-state index in [0.29, 0.717) is 12.1 Å². The van der Waals surface area contributed by atoms with Gasteiger partial charge in [-0.1, -0.05) is 30.3 Å². The SMILES string of the molecule is O=C1NC2(CCNCC2)Nc2c1cnn2Cc1ccccc1. The zero-order valence-electron chi connectivity index (χ0n) is 12.3. The predicted molar refractivity (Wildman–Crippen MR) is 83.7 cm³/mol. The van der Waals surface area contributed by atoms with E-state index in [-0.39, 0.29) is 11.6 Å². The van der Waals surface area contributed by atoms with Crippen molar-refractivity contribution < 1.29 is 4.79 Å². The van der Waals surface area contributed by atoms with Gasteiger partial charge < -0.3 is 16.0 Å². The van der Waals surface area contributed by atoms with E-state index in [9.17, 15) is 4.79 Å². The number of nitrogens with zero attached hydrogens (tertiary/aromatic N) is 2. The number of rotatable bonds is 2. The third-order valence-corrected chi connectivity index (χ3v) is 4.43. The average molecular weight is 297 g/mol. The lowest BCUT2D eigenvalue weighted by Gasteiger charge is -2.42. The number of anilines is 1. The van der Waals surface area contributed by atoms with Crippen LogP contribution in [-0.2, 0) is 6.54 Å². The molecule has 6 nitrogen and oxygen atoms in total. The number of carbonyl (C=O) groups is 1. The summed E-state index contributed by atoms with van der Waals surface area (Å²) in [6, 6.07) is 10.2. The van der Waals surface area contributed by atoms with Gasteiger partial charge in [0, 0.05) is 12.8 Å². The van der Waals surface area contributed by atoms with Gasteiger partial charge in [-0.15, -0.1) is 0 Å². The fraction of sp³-hybridized carbons (Fsp3) is 0.375. The zero-order valence-corrected chi connectivity index (χ0v) is 12.3. The van der Waals surface area contributed by atoms with Crippen LogP contribution in [0.25, 0.3) is 0 Å². The minimum absolute atomic E-state index is 0.0324. The van der Waals surface area contributed by atoms with E-state index in [4.69, 9.17) is 0 Å². The fourth-order valence-corrected chi connectivity index (χ4v) is 3.21. The van der Waals surface area contributed by atoms with Gasteiger partial charge in [-0.05, 0) is 18.7 Å². The van der Waals surface area contributed by atoms with Crippen LogP contribution in [-0.4, -0.2) is 34.4 Å². The minimum atomic E-state index is -0.343. The van der Waals surface area contributed by atoms with Crippen LogP contribution in [0.2, 0.25) is 0 Å². The number of nitrogens with one attached hydrogen (secondary N) is 3. The van der Waals surface area contributed by atoms with E-state index in [1.807, 2.05) is 22.9 Å². The van der Waals surface area contributed by atoms with E-state index in [1.165, 1.54) is 5.56 Å². The van der Waals surface area contributed by atoms with E-state index in [0.717, 1.165) is 31.7 Å². The molecule has 22 heavy (non-hydrogen) atoms. The number of benzene rings is 1. The number of piperidine rings is 1. The highest BCUT2D eigenvalue weighted by atomic mass is 16.2. The van der Waals surface area contributed by atoms with E-state index < -0.39 is 0 Å². The molecule has 3 N–H and O–H groups in total. The second kappa shape index (κ2) is 5.14. The molecule has 1 aromatic heterocycles. The van der Waals surface area contributed by atoms with Crippen LogP contribution in [0.1, 0.15) is 28.8 Å². The number of hydrogen-bond donors (Lipinski definition) is 3. The van der Waals surface area contributed by atoms with E-state index in [1.54, 1.807) is 6.20 Å². The Morgan fingerprint density at radius 3 is 2.68 bits per heavy atom. The maximum Gasteiger partial charge on any atom is 0.258 e. The van der Waals surface area contributed by atoms with Gasteiger partial charge in [0.1, 0.15) is 17.0 Å². The molecule has 0 radical (unpaired) electrons. The number of amides is 1. The van der Waals surface area contributed by atoms with Gasteiger partial charge in [-0.25, -0.2) is 4.68 Å². The van der Waals surface area contributed by atoms with Crippen LogP contribution in [0, 0.1) is 0 Å². The second-order valence-corrected chi connectivity index (χ2v) is 5.96. The molecule has 2 aromatic rings. The van der Waals surface area contributed by atoms with Crippen molar-refractivity contribution in [3.63, 3.8) is 0 Å². The van der Waals surface area contributed by atoms with Gasteiger partial charge in [0.05, 0.1) is 12.7 Å². The standard InChI is InChI=1S/C16H19N5O/c22-15-13-10-18-21(11-12-4-2-1-3-5-12)14(13)19-16(20-15)6-8-17-9-7-16/h1-5,10,17,19H,6-9,11H2,(H,20,22). The molecule has 2 aliphatic heterocycles. The summed E-state index contributed by atoms with van der Waals surface area (Å²) in [4.78, 5) is 12.4. The topological polar surface area (TPSA) is 71.0 Å². The lowest BCUT2D eigenvalue weighted by atomic mass is 9.95. The third-order valence-electron chi connectivity index (χ3n) is 4.43. The van der Waals surface area contributed by atoms with Gasteiger partial charge in [-0.2, -0.15) is 5.10 Å². The monoisotopic (exact) mass is 297 g/mol. The molecule has 6 heteroatoms. The average Bonchev–Trinajstić information content (AvgIpc) is 2.92. The third kappa shape index (κ3) is 2.25. The Bertz CT molecular complexity index is 688. The van der Waals surface area contributed by atoms with Crippen molar-refractivity contribution in [2.24, 2.45) is 0 Å². The number of aromatic nitrogens is 2.